The number of aryl methyl sites for hydroxylation is 1. The molecule has 0 aliphatic carbocycles. The van der Waals surface area contributed by atoms with Crippen molar-refractivity contribution in [1.29, 1.82) is 0 Å². The van der Waals surface area contributed by atoms with Gasteiger partial charge < -0.3 is 4.74 Å². The number of nitro benzene ring substituents is 1. The summed E-state index contributed by atoms with van der Waals surface area (Å²) in [5.74, 6) is 0.440. The molecule has 0 saturated heterocycles. The zero-order chi connectivity index (χ0) is 13.1. The van der Waals surface area contributed by atoms with Gasteiger partial charge in [-0.1, -0.05) is 0 Å². The second kappa shape index (κ2) is 5.45. The molecule has 0 saturated carbocycles. The van der Waals surface area contributed by atoms with E-state index in [9.17, 15) is 10.1 Å². The minimum atomic E-state index is -0.452. The predicted molar refractivity (Wildman–Crippen MR) is 72.0 cm³/mol. The van der Waals surface area contributed by atoms with E-state index in [0.717, 1.165) is 10.7 Å². The molecule has 94 valence electrons. The van der Waals surface area contributed by atoms with Gasteiger partial charge in [0, 0.05) is 11.4 Å². The van der Waals surface area contributed by atoms with Gasteiger partial charge in [0.1, 0.15) is 12.4 Å². The van der Waals surface area contributed by atoms with Crippen LogP contribution in [0.4, 0.5) is 5.69 Å². The number of ether oxygens (including phenoxy) is 1. The Bertz CT molecular complexity index is 585. The number of hydrogen-bond donors (Lipinski definition) is 0. The van der Waals surface area contributed by atoms with Crippen molar-refractivity contribution in [3.63, 3.8) is 0 Å². The molecule has 0 aliphatic heterocycles. The zero-order valence-corrected chi connectivity index (χ0v) is 11.8. The Morgan fingerprint density at radius 3 is 2.94 bits per heavy atom. The van der Waals surface area contributed by atoms with Gasteiger partial charge in [0.05, 0.1) is 26.2 Å². The maximum Gasteiger partial charge on any atom is 0.273 e. The number of benzene rings is 1. The number of halogens is 1. The quantitative estimate of drug-likeness (QED) is 0.634. The summed E-state index contributed by atoms with van der Waals surface area (Å²) < 4.78 is 6.20. The Morgan fingerprint density at radius 2 is 2.33 bits per heavy atom. The van der Waals surface area contributed by atoms with E-state index in [4.69, 9.17) is 4.74 Å². The number of thiazole rings is 1. The molecule has 2 rings (SSSR count). The predicted octanol–water partition coefficient (Wildman–Crippen LogP) is 3.70. The van der Waals surface area contributed by atoms with Gasteiger partial charge in [-0.25, -0.2) is 4.98 Å². The summed E-state index contributed by atoms with van der Waals surface area (Å²) in [6.07, 6.45) is 0. The molecule has 0 N–H and O–H groups in total. The third-order valence-corrected chi connectivity index (χ3v) is 3.65. The van der Waals surface area contributed by atoms with Crippen molar-refractivity contribution in [1.82, 2.24) is 4.98 Å². The highest BCUT2D eigenvalue weighted by atomic mass is 79.9. The first-order valence-electron chi connectivity index (χ1n) is 5.04. The number of nitrogens with zero attached hydrogens (tertiary/aromatic N) is 2. The highest BCUT2D eigenvalue weighted by Crippen LogP contribution is 2.29. The minimum Gasteiger partial charge on any atom is -0.486 e. The first-order chi connectivity index (χ1) is 8.56. The standard InChI is InChI=1S/C11H9BrN2O3S/c1-7-13-8(6-18-7)5-17-11-4-9(14(15)16)2-3-10(11)12/h2-4,6H,5H2,1H3. The van der Waals surface area contributed by atoms with Crippen LogP contribution >= 0.6 is 27.3 Å². The van der Waals surface area contributed by atoms with Crippen LogP contribution < -0.4 is 4.74 Å². The molecule has 0 radical (unpaired) electrons. The Kier molecular flexibility index (Phi) is 3.93. The molecule has 0 fully saturated rings. The fourth-order valence-corrected chi connectivity index (χ4v) is 2.30. The molecule has 0 atom stereocenters. The van der Waals surface area contributed by atoms with Crippen molar-refractivity contribution in [2.24, 2.45) is 0 Å². The maximum atomic E-state index is 10.7. The first kappa shape index (κ1) is 13.0. The van der Waals surface area contributed by atoms with E-state index in [1.54, 1.807) is 17.4 Å². The molecule has 1 aromatic carbocycles. The molecule has 5 nitrogen and oxygen atoms in total. The molecule has 0 amide bonds. The van der Waals surface area contributed by atoms with Gasteiger partial charge in [-0.05, 0) is 28.9 Å². The monoisotopic (exact) mass is 328 g/mol. The molecular formula is C11H9BrN2O3S. The van der Waals surface area contributed by atoms with Crippen LogP contribution in [0.5, 0.6) is 5.75 Å². The van der Waals surface area contributed by atoms with E-state index in [0.29, 0.717) is 16.8 Å². The van der Waals surface area contributed by atoms with Crippen molar-refractivity contribution >= 4 is 33.0 Å². The smallest absolute Gasteiger partial charge is 0.273 e. The van der Waals surface area contributed by atoms with Gasteiger partial charge >= 0.3 is 0 Å². The first-order valence-corrected chi connectivity index (χ1v) is 6.71. The van der Waals surface area contributed by atoms with Gasteiger partial charge in [-0.3, -0.25) is 10.1 Å². The fraction of sp³-hybridized carbons (Fsp3) is 0.182. The SMILES string of the molecule is Cc1nc(COc2cc([N+](=O)[O-])ccc2Br)cs1. The van der Waals surface area contributed by atoms with Gasteiger partial charge in [0.15, 0.2) is 0 Å². The molecule has 1 aromatic heterocycles. The minimum absolute atomic E-state index is 0.00246. The second-order valence-corrected chi connectivity index (χ2v) is 5.43. The third-order valence-electron chi connectivity index (χ3n) is 2.17. The van der Waals surface area contributed by atoms with Gasteiger partial charge in [-0.15, -0.1) is 11.3 Å². The molecule has 18 heavy (non-hydrogen) atoms. The molecule has 0 spiro atoms. The summed E-state index contributed by atoms with van der Waals surface area (Å²) in [7, 11) is 0. The summed E-state index contributed by atoms with van der Waals surface area (Å²) in [5.41, 5.74) is 0.818. The van der Waals surface area contributed by atoms with Gasteiger partial charge in [-0.2, -0.15) is 0 Å². The lowest BCUT2D eigenvalue weighted by Crippen LogP contribution is -1.97. The van der Waals surface area contributed by atoms with Crippen LogP contribution in [0.25, 0.3) is 0 Å². The summed E-state index contributed by atoms with van der Waals surface area (Å²) in [5, 5.41) is 13.5. The van der Waals surface area contributed by atoms with Crippen LogP contribution in [0.3, 0.4) is 0 Å². The zero-order valence-electron chi connectivity index (χ0n) is 9.42. The molecule has 0 bridgehead atoms. The van der Waals surface area contributed by atoms with E-state index in [2.05, 4.69) is 20.9 Å². The largest absolute Gasteiger partial charge is 0.486 e. The van der Waals surface area contributed by atoms with E-state index >= 15 is 0 Å². The van der Waals surface area contributed by atoms with Crippen LogP contribution in [0.1, 0.15) is 10.7 Å². The normalized spacial score (nSPS) is 10.3. The van der Waals surface area contributed by atoms with Gasteiger partial charge in [0.25, 0.3) is 5.69 Å². The number of rotatable bonds is 4. The Labute approximate surface area is 116 Å². The highest BCUT2D eigenvalue weighted by Gasteiger charge is 2.11. The molecular weight excluding hydrogens is 320 g/mol. The van der Waals surface area contributed by atoms with Crippen molar-refractivity contribution in [3.05, 3.63) is 48.9 Å². The summed E-state index contributed by atoms with van der Waals surface area (Å²) in [6, 6.07) is 4.41. The lowest BCUT2D eigenvalue weighted by atomic mass is 10.3. The van der Waals surface area contributed by atoms with E-state index in [1.807, 2.05) is 12.3 Å². The van der Waals surface area contributed by atoms with Crippen molar-refractivity contribution in [2.45, 2.75) is 13.5 Å². The van der Waals surface area contributed by atoms with Crippen LogP contribution in [0.2, 0.25) is 0 Å². The van der Waals surface area contributed by atoms with E-state index in [-0.39, 0.29) is 5.69 Å². The highest BCUT2D eigenvalue weighted by molar-refractivity contribution is 9.10. The van der Waals surface area contributed by atoms with E-state index in [1.165, 1.54) is 12.1 Å². The van der Waals surface area contributed by atoms with Crippen LogP contribution in [0.15, 0.2) is 28.1 Å². The molecule has 0 aliphatic rings. The van der Waals surface area contributed by atoms with Crippen molar-refractivity contribution in [2.75, 3.05) is 0 Å². The summed E-state index contributed by atoms with van der Waals surface area (Å²) in [4.78, 5) is 14.5. The van der Waals surface area contributed by atoms with Crippen LogP contribution in [-0.2, 0) is 6.61 Å². The number of hydrogen-bond acceptors (Lipinski definition) is 5. The van der Waals surface area contributed by atoms with Gasteiger partial charge in [0.2, 0.25) is 0 Å². The maximum absolute atomic E-state index is 10.7. The summed E-state index contributed by atoms with van der Waals surface area (Å²) in [6.45, 7) is 2.21. The summed E-state index contributed by atoms with van der Waals surface area (Å²) >= 11 is 4.83. The topological polar surface area (TPSA) is 65.3 Å². The molecule has 2 aromatic rings. The Hall–Kier alpha value is -1.47. The Morgan fingerprint density at radius 1 is 1.56 bits per heavy atom. The average Bonchev–Trinajstić information content (AvgIpc) is 2.74. The van der Waals surface area contributed by atoms with Crippen molar-refractivity contribution < 1.29 is 9.66 Å². The average molecular weight is 329 g/mol. The number of aromatic nitrogens is 1. The number of non-ortho nitro benzene ring substituents is 1. The van der Waals surface area contributed by atoms with Crippen LogP contribution in [-0.4, -0.2) is 9.91 Å². The van der Waals surface area contributed by atoms with E-state index < -0.39 is 4.92 Å². The second-order valence-electron chi connectivity index (χ2n) is 3.52. The molecule has 1 heterocycles. The van der Waals surface area contributed by atoms with Crippen LogP contribution in [0, 0.1) is 17.0 Å². The molecule has 0 unspecified atom stereocenters. The lowest BCUT2D eigenvalue weighted by molar-refractivity contribution is -0.385. The Balaban J connectivity index is 2.13. The third kappa shape index (κ3) is 3.05. The van der Waals surface area contributed by atoms with Crippen molar-refractivity contribution in [3.8, 4) is 5.75 Å². The number of nitro groups is 1. The molecule has 7 heteroatoms. The lowest BCUT2D eigenvalue weighted by Gasteiger charge is -2.06. The fourth-order valence-electron chi connectivity index (χ4n) is 1.34.